The van der Waals surface area contributed by atoms with E-state index in [0.717, 1.165) is 31.4 Å². The molecule has 2 aromatic rings. The van der Waals surface area contributed by atoms with E-state index in [-0.39, 0.29) is 11.4 Å². The Hall–Kier alpha value is -2.33. The van der Waals surface area contributed by atoms with E-state index in [0.29, 0.717) is 6.54 Å². The van der Waals surface area contributed by atoms with E-state index in [9.17, 15) is 8.60 Å². The molecule has 4 rings (SSSR count). The van der Waals surface area contributed by atoms with E-state index < -0.39 is 16.8 Å². The summed E-state index contributed by atoms with van der Waals surface area (Å²) < 4.78 is 24.6. The summed E-state index contributed by atoms with van der Waals surface area (Å²) in [6.07, 6.45) is 8.51. The highest BCUT2D eigenvalue weighted by molar-refractivity contribution is 7.82. The van der Waals surface area contributed by atoms with Gasteiger partial charge in [-0.2, -0.15) is 5.10 Å². The number of carbonyl (C=O) groups is 1. The number of nitrogens with two attached hydrogens (primary N) is 3. The Labute approximate surface area is 159 Å². The zero-order valence-electron chi connectivity index (χ0n) is 15.3. The van der Waals surface area contributed by atoms with Crippen LogP contribution in [0.4, 0.5) is 10.1 Å². The van der Waals surface area contributed by atoms with Gasteiger partial charge in [0.25, 0.3) is 0 Å². The minimum atomic E-state index is -1.83. The van der Waals surface area contributed by atoms with Crippen molar-refractivity contribution in [1.29, 1.82) is 0 Å². The summed E-state index contributed by atoms with van der Waals surface area (Å²) in [5.74, 6) is -0.618. The van der Waals surface area contributed by atoms with Gasteiger partial charge in [0.15, 0.2) is 10.8 Å². The van der Waals surface area contributed by atoms with Gasteiger partial charge in [-0.3, -0.25) is 14.5 Å². The van der Waals surface area contributed by atoms with E-state index in [1.165, 1.54) is 46.2 Å². The SMILES string of the molecule is CCn1cc(F)c(S(N)=O)n1.NC=O.Nc1c2c(nc3c1CCC3)CCC2. The average Bonchev–Trinajstić information content (AvgIpc) is 3.35. The van der Waals surface area contributed by atoms with E-state index in [1.807, 2.05) is 0 Å². The third-order valence-electron chi connectivity index (χ3n) is 4.50. The average molecular weight is 396 g/mol. The Bertz CT molecular complexity index is 807. The molecule has 0 aliphatic heterocycles. The molecule has 1 atom stereocenters. The lowest BCUT2D eigenvalue weighted by atomic mass is 10.1. The molecule has 0 fully saturated rings. The summed E-state index contributed by atoms with van der Waals surface area (Å²) in [4.78, 5) is 13.3. The molecule has 6 N–H and O–H groups in total. The van der Waals surface area contributed by atoms with Gasteiger partial charge in [-0.15, -0.1) is 0 Å². The number of pyridine rings is 1. The number of aryl methyl sites for hydroxylation is 3. The van der Waals surface area contributed by atoms with E-state index in [1.54, 1.807) is 6.92 Å². The van der Waals surface area contributed by atoms with E-state index >= 15 is 0 Å². The van der Waals surface area contributed by atoms with Gasteiger partial charge in [-0.1, -0.05) is 0 Å². The highest BCUT2D eigenvalue weighted by atomic mass is 32.2. The Morgan fingerprint density at radius 1 is 1.22 bits per heavy atom. The second-order valence-corrected chi connectivity index (χ2v) is 7.14. The highest BCUT2D eigenvalue weighted by Gasteiger charge is 2.23. The monoisotopic (exact) mass is 396 g/mol. The minimum absolute atomic E-state index is 0.188. The molecule has 1 amide bonds. The lowest BCUT2D eigenvalue weighted by Crippen LogP contribution is -2.06. The standard InChI is InChI=1S/C11H14N2.C5H8FN3OS.CH3NO/c12-11-7-3-1-5-9(7)13-10-6-2-4-8(10)11;1-2-9-3-4(6)5(8-9)11(7)10;2-1-3/h1-6H2,(H2,12,13);3H,2,7H2,1H3;1H,(H2,2,3). The van der Waals surface area contributed by atoms with Crippen LogP contribution in [0, 0.1) is 5.82 Å². The van der Waals surface area contributed by atoms with Crippen LogP contribution in [-0.2, 0) is 48.0 Å². The van der Waals surface area contributed by atoms with Crippen molar-refractivity contribution in [2.24, 2.45) is 10.9 Å². The van der Waals surface area contributed by atoms with Gasteiger partial charge in [0.1, 0.15) is 11.0 Å². The van der Waals surface area contributed by atoms with Gasteiger partial charge in [0, 0.05) is 23.6 Å². The third kappa shape index (κ3) is 4.89. The topological polar surface area (TPSA) is 143 Å². The molecule has 8 nitrogen and oxygen atoms in total. The predicted molar refractivity (Wildman–Crippen MR) is 101 cm³/mol. The number of aromatic nitrogens is 3. The van der Waals surface area contributed by atoms with Crippen molar-refractivity contribution in [3.63, 3.8) is 0 Å². The molecule has 1 unspecified atom stereocenters. The number of halogens is 1. The molecule has 2 aliphatic rings. The largest absolute Gasteiger partial charge is 0.398 e. The lowest BCUT2D eigenvalue weighted by molar-refractivity contribution is -0.106. The van der Waals surface area contributed by atoms with Gasteiger partial charge in [0.2, 0.25) is 6.41 Å². The summed E-state index contributed by atoms with van der Waals surface area (Å²) in [6, 6.07) is 0. The number of amides is 1. The van der Waals surface area contributed by atoms with Gasteiger partial charge >= 0.3 is 0 Å². The van der Waals surface area contributed by atoms with Crippen molar-refractivity contribution in [3.8, 4) is 0 Å². The van der Waals surface area contributed by atoms with Crippen LogP contribution in [0.1, 0.15) is 42.3 Å². The minimum Gasteiger partial charge on any atom is -0.398 e. The van der Waals surface area contributed by atoms with Crippen molar-refractivity contribution in [2.75, 3.05) is 5.73 Å². The van der Waals surface area contributed by atoms with Gasteiger partial charge in [0.05, 0.1) is 6.20 Å². The summed E-state index contributed by atoms with van der Waals surface area (Å²) in [6.45, 7) is 2.34. The summed E-state index contributed by atoms with van der Waals surface area (Å²) in [5.41, 5.74) is 16.7. The zero-order chi connectivity index (χ0) is 20.0. The smallest absolute Gasteiger partial charge is 0.204 e. The summed E-state index contributed by atoms with van der Waals surface area (Å²) in [5, 5.41) is 8.40. The fourth-order valence-corrected chi connectivity index (χ4v) is 3.74. The molecule has 0 spiro atoms. The first kappa shape index (κ1) is 21.0. The maximum absolute atomic E-state index is 12.7. The number of nitrogen functional groups attached to an aromatic ring is 1. The number of hydrogen-bond acceptors (Lipinski definition) is 5. The Kier molecular flexibility index (Phi) is 7.43. The van der Waals surface area contributed by atoms with Crippen LogP contribution in [0.5, 0.6) is 0 Å². The number of fused-ring (bicyclic) bond motifs is 2. The number of hydrogen-bond donors (Lipinski definition) is 3. The molecule has 2 heterocycles. The van der Waals surface area contributed by atoms with Crippen molar-refractivity contribution < 1.29 is 13.4 Å². The van der Waals surface area contributed by atoms with Gasteiger partial charge in [-0.05, 0) is 56.6 Å². The van der Waals surface area contributed by atoms with E-state index in [2.05, 4.69) is 10.8 Å². The molecule has 10 heteroatoms. The first-order chi connectivity index (χ1) is 12.9. The Balaban J connectivity index is 0.000000172. The fraction of sp³-hybridized carbons (Fsp3) is 0.471. The normalized spacial score (nSPS) is 14.9. The highest BCUT2D eigenvalue weighted by Crippen LogP contribution is 2.34. The number of anilines is 1. The molecule has 2 aromatic heterocycles. The first-order valence-corrected chi connectivity index (χ1v) is 9.97. The second kappa shape index (κ2) is 9.56. The van der Waals surface area contributed by atoms with Crippen molar-refractivity contribution in [3.05, 3.63) is 34.5 Å². The van der Waals surface area contributed by atoms with Crippen LogP contribution >= 0.6 is 0 Å². The first-order valence-electron chi connectivity index (χ1n) is 8.76. The second-order valence-electron chi connectivity index (χ2n) is 6.15. The van der Waals surface area contributed by atoms with Crippen LogP contribution in [0.2, 0.25) is 0 Å². The molecule has 27 heavy (non-hydrogen) atoms. The number of rotatable bonds is 2. The predicted octanol–water partition coefficient (Wildman–Crippen LogP) is 0.766. The number of nitrogens with zero attached hydrogens (tertiary/aromatic N) is 3. The molecule has 0 saturated heterocycles. The van der Waals surface area contributed by atoms with Crippen molar-refractivity contribution in [2.45, 2.75) is 57.0 Å². The van der Waals surface area contributed by atoms with Crippen LogP contribution < -0.4 is 16.6 Å². The molecule has 0 bridgehead atoms. The Morgan fingerprint density at radius 3 is 2.11 bits per heavy atom. The molecular formula is C17H25FN6O2S. The van der Waals surface area contributed by atoms with Crippen LogP contribution in [-0.4, -0.2) is 25.4 Å². The lowest BCUT2D eigenvalue weighted by Gasteiger charge is -2.08. The molecule has 2 aliphatic carbocycles. The number of primary amides is 1. The van der Waals surface area contributed by atoms with Crippen molar-refractivity contribution in [1.82, 2.24) is 14.8 Å². The summed E-state index contributed by atoms with van der Waals surface area (Å²) in [7, 11) is -1.83. The molecule has 0 aromatic carbocycles. The van der Waals surface area contributed by atoms with Gasteiger partial charge < -0.3 is 11.5 Å². The fourth-order valence-electron chi connectivity index (χ4n) is 3.31. The molecular weight excluding hydrogens is 371 g/mol. The molecule has 0 radical (unpaired) electrons. The van der Waals surface area contributed by atoms with Crippen LogP contribution in [0.15, 0.2) is 11.2 Å². The Morgan fingerprint density at radius 2 is 1.74 bits per heavy atom. The third-order valence-corrected chi connectivity index (χ3v) is 5.16. The maximum Gasteiger partial charge on any atom is 0.204 e. The summed E-state index contributed by atoms with van der Waals surface area (Å²) >= 11 is 0. The zero-order valence-corrected chi connectivity index (χ0v) is 16.1. The number of carbonyl (C=O) groups excluding carboxylic acids is 1. The molecule has 0 saturated carbocycles. The van der Waals surface area contributed by atoms with Crippen LogP contribution in [0.3, 0.4) is 0 Å². The van der Waals surface area contributed by atoms with Crippen molar-refractivity contribution >= 4 is 23.1 Å². The van der Waals surface area contributed by atoms with Crippen LogP contribution in [0.25, 0.3) is 0 Å². The van der Waals surface area contributed by atoms with E-state index in [4.69, 9.17) is 20.7 Å². The van der Waals surface area contributed by atoms with Gasteiger partial charge in [-0.25, -0.2) is 13.7 Å². The quantitative estimate of drug-likeness (QED) is 0.642. The maximum atomic E-state index is 12.7. The molecule has 148 valence electrons.